The van der Waals surface area contributed by atoms with Crippen molar-refractivity contribution in [2.75, 3.05) is 25.1 Å². The van der Waals surface area contributed by atoms with Gasteiger partial charge in [-0.1, -0.05) is 23.7 Å². The minimum absolute atomic E-state index is 0.0961. The van der Waals surface area contributed by atoms with E-state index in [9.17, 15) is 4.79 Å². The minimum Gasteiger partial charge on any atom is -0.494 e. The first-order chi connectivity index (χ1) is 13.6. The van der Waals surface area contributed by atoms with Gasteiger partial charge in [-0.25, -0.2) is 0 Å². The Morgan fingerprint density at radius 3 is 2.79 bits per heavy atom. The van der Waals surface area contributed by atoms with Crippen LogP contribution in [0.2, 0.25) is 5.02 Å². The highest BCUT2D eigenvalue weighted by atomic mass is 35.5. The van der Waals surface area contributed by atoms with Crippen LogP contribution in [0.3, 0.4) is 0 Å². The van der Waals surface area contributed by atoms with Crippen molar-refractivity contribution in [3.05, 3.63) is 59.1 Å². The Labute approximate surface area is 170 Å². The lowest BCUT2D eigenvalue weighted by molar-refractivity contribution is -0.111. The molecule has 0 bridgehead atoms. The van der Waals surface area contributed by atoms with E-state index in [0.717, 1.165) is 30.8 Å². The van der Waals surface area contributed by atoms with Crippen LogP contribution in [0.15, 0.2) is 48.5 Å². The highest BCUT2D eigenvalue weighted by Crippen LogP contribution is 2.29. The predicted octanol–water partition coefficient (Wildman–Crippen LogP) is 4.95. The number of ether oxygens (including phenoxy) is 3. The molecule has 6 heteroatoms. The van der Waals surface area contributed by atoms with E-state index in [1.807, 2.05) is 31.2 Å². The first-order valence-electron chi connectivity index (χ1n) is 9.40. The van der Waals surface area contributed by atoms with E-state index in [1.165, 1.54) is 6.08 Å². The molecule has 5 nitrogen and oxygen atoms in total. The highest BCUT2D eigenvalue weighted by Gasteiger charge is 2.17. The van der Waals surface area contributed by atoms with Crippen molar-refractivity contribution < 1.29 is 19.0 Å². The molecule has 1 fully saturated rings. The van der Waals surface area contributed by atoms with Gasteiger partial charge in [0.2, 0.25) is 5.91 Å². The quantitative estimate of drug-likeness (QED) is 0.636. The molecular formula is C22H24ClNO4. The fourth-order valence-corrected chi connectivity index (χ4v) is 3.04. The Kier molecular flexibility index (Phi) is 7.34. The number of benzene rings is 2. The Hall–Kier alpha value is -2.50. The largest absolute Gasteiger partial charge is 0.494 e. The summed E-state index contributed by atoms with van der Waals surface area (Å²) >= 11 is 6.08. The van der Waals surface area contributed by atoms with Gasteiger partial charge in [0.25, 0.3) is 0 Å². The SMILES string of the molecule is CCOc1ccc(/C=C/C(=O)Nc2cc(Cl)ccc2OCC2CCCO2)cc1. The molecule has 2 aromatic carbocycles. The third-order valence-corrected chi connectivity index (χ3v) is 4.50. The molecule has 0 saturated carbocycles. The zero-order valence-corrected chi connectivity index (χ0v) is 16.6. The molecule has 1 amide bonds. The summed E-state index contributed by atoms with van der Waals surface area (Å²) in [6.07, 6.45) is 5.34. The van der Waals surface area contributed by atoms with Crippen molar-refractivity contribution in [2.24, 2.45) is 0 Å². The lowest BCUT2D eigenvalue weighted by Gasteiger charge is -2.15. The summed E-state index contributed by atoms with van der Waals surface area (Å²) in [5.41, 5.74) is 1.44. The van der Waals surface area contributed by atoms with Crippen LogP contribution < -0.4 is 14.8 Å². The molecule has 1 heterocycles. The first kappa shape index (κ1) is 20.2. The van der Waals surface area contributed by atoms with Gasteiger partial charge in [0.1, 0.15) is 18.1 Å². The minimum atomic E-state index is -0.266. The molecule has 0 radical (unpaired) electrons. The summed E-state index contributed by atoms with van der Waals surface area (Å²) in [7, 11) is 0. The van der Waals surface area contributed by atoms with Crippen molar-refractivity contribution >= 4 is 29.3 Å². The Morgan fingerprint density at radius 1 is 1.25 bits per heavy atom. The average molecular weight is 402 g/mol. The second-order valence-corrected chi connectivity index (χ2v) is 6.85. The standard InChI is InChI=1S/C22H24ClNO4/c1-2-26-18-9-5-16(6-10-18)7-12-22(25)24-20-14-17(23)8-11-21(20)28-15-19-4-3-13-27-19/h5-12,14,19H,2-4,13,15H2,1H3,(H,24,25)/b12-7+. The average Bonchev–Trinajstić information content (AvgIpc) is 3.21. The van der Waals surface area contributed by atoms with Gasteiger partial charge in [0, 0.05) is 17.7 Å². The summed E-state index contributed by atoms with van der Waals surface area (Å²) in [4.78, 5) is 12.3. The fourth-order valence-electron chi connectivity index (χ4n) is 2.87. The van der Waals surface area contributed by atoms with Crippen LogP contribution in [0.4, 0.5) is 5.69 Å². The monoisotopic (exact) mass is 401 g/mol. The number of carbonyl (C=O) groups is 1. The number of rotatable bonds is 8. The van der Waals surface area contributed by atoms with Crippen LogP contribution in [-0.2, 0) is 9.53 Å². The van der Waals surface area contributed by atoms with E-state index in [1.54, 1.807) is 24.3 Å². The molecule has 2 aromatic rings. The second-order valence-electron chi connectivity index (χ2n) is 6.41. The van der Waals surface area contributed by atoms with Gasteiger partial charge in [0.15, 0.2) is 0 Å². The van der Waals surface area contributed by atoms with Crippen molar-refractivity contribution in [3.63, 3.8) is 0 Å². The van der Waals surface area contributed by atoms with Gasteiger partial charge >= 0.3 is 0 Å². The number of hydrogen-bond donors (Lipinski definition) is 1. The maximum absolute atomic E-state index is 12.3. The van der Waals surface area contributed by atoms with Crippen LogP contribution in [-0.4, -0.2) is 31.8 Å². The maximum Gasteiger partial charge on any atom is 0.248 e. The summed E-state index contributed by atoms with van der Waals surface area (Å²) in [6.45, 7) is 3.78. The van der Waals surface area contributed by atoms with E-state index >= 15 is 0 Å². The molecule has 1 aliphatic heterocycles. The third kappa shape index (κ3) is 6.01. The van der Waals surface area contributed by atoms with Crippen molar-refractivity contribution in [1.29, 1.82) is 0 Å². The van der Waals surface area contributed by atoms with E-state index in [2.05, 4.69) is 5.32 Å². The summed E-state index contributed by atoms with van der Waals surface area (Å²) in [5, 5.41) is 3.35. The molecule has 0 aromatic heterocycles. The molecule has 1 atom stereocenters. The highest BCUT2D eigenvalue weighted by molar-refractivity contribution is 6.31. The van der Waals surface area contributed by atoms with Crippen molar-refractivity contribution in [1.82, 2.24) is 0 Å². The molecule has 28 heavy (non-hydrogen) atoms. The van der Waals surface area contributed by atoms with E-state index in [0.29, 0.717) is 29.7 Å². The molecule has 0 aliphatic carbocycles. The molecule has 148 valence electrons. The number of carbonyl (C=O) groups excluding carboxylic acids is 1. The van der Waals surface area contributed by atoms with Crippen molar-refractivity contribution in [3.8, 4) is 11.5 Å². The lowest BCUT2D eigenvalue weighted by atomic mass is 10.2. The summed E-state index contributed by atoms with van der Waals surface area (Å²) in [5.74, 6) is 1.11. The number of nitrogens with one attached hydrogen (secondary N) is 1. The van der Waals surface area contributed by atoms with E-state index < -0.39 is 0 Å². The molecule has 1 aliphatic rings. The number of anilines is 1. The van der Waals surface area contributed by atoms with Crippen LogP contribution in [0.25, 0.3) is 6.08 Å². The van der Waals surface area contributed by atoms with Crippen molar-refractivity contribution in [2.45, 2.75) is 25.9 Å². The predicted molar refractivity (Wildman–Crippen MR) is 111 cm³/mol. The van der Waals surface area contributed by atoms with E-state index in [-0.39, 0.29) is 12.0 Å². The number of amides is 1. The second kappa shape index (κ2) is 10.2. The topological polar surface area (TPSA) is 56.8 Å². The number of halogens is 1. The van der Waals surface area contributed by atoms with Crippen LogP contribution in [0, 0.1) is 0 Å². The van der Waals surface area contributed by atoms with Crippen LogP contribution in [0.5, 0.6) is 11.5 Å². The zero-order chi connectivity index (χ0) is 19.8. The molecular weight excluding hydrogens is 378 g/mol. The molecule has 1 unspecified atom stereocenters. The first-order valence-corrected chi connectivity index (χ1v) is 9.77. The molecule has 3 rings (SSSR count). The van der Waals surface area contributed by atoms with Gasteiger partial charge in [-0.3, -0.25) is 4.79 Å². The molecule has 1 saturated heterocycles. The van der Waals surface area contributed by atoms with Gasteiger partial charge in [-0.15, -0.1) is 0 Å². The van der Waals surface area contributed by atoms with Crippen LogP contribution in [0.1, 0.15) is 25.3 Å². The van der Waals surface area contributed by atoms with Gasteiger partial charge in [-0.05, 0) is 61.7 Å². The Bertz CT molecular complexity index is 814. The fraction of sp³-hybridized carbons (Fsp3) is 0.318. The Morgan fingerprint density at radius 2 is 2.07 bits per heavy atom. The third-order valence-electron chi connectivity index (χ3n) is 4.27. The summed E-state index contributed by atoms with van der Waals surface area (Å²) < 4.78 is 16.8. The van der Waals surface area contributed by atoms with E-state index in [4.69, 9.17) is 25.8 Å². The normalized spacial score (nSPS) is 16.3. The van der Waals surface area contributed by atoms with Gasteiger partial charge < -0.3 is 19.5 Å². The molecule has 0 spiro atoms. The number of hydrogen-bond acceptors (Lipinski definition) is 4. The Balaban J connectivity index is 1.61. The summed E-state index contributed by atoms with van der Waals surface area (Å²) in [6, 6.07) is 12.7. The van der Waals surface area contributed by atoms with Gasteiger partial charge in [0.05, 0.1) is 18.4 Å². The maximum atomic E-state index is 12.3. The smallest absolute Gasteiger partial charge is 0.248 e. The van der Waals surface area contributed by atoms with Crippen LogP contribution >= 0.6 is 11.6 Å². The van der Waals surface area contributed by atoms with Gasteiger partial charge in [-0.2, -0.15) is 0 Å². The zero-order valence-electron chi connectivity index (χ0n) is 15.8. The lowest BCUT2D eigenvalue weighted by Crippen LogP contribution is -2.17. The molecule has 1 N–H and O–H groups in total.